The fourth-order valence-electron chi connectivity index (χ4n) is 1.19. The Labute approximate surface area is 89.4 Å². The molecule has 3 nitrogen and oxygen atoms in total. The van der Waals surface area contributed by atoms with Crippen molar-refractivity contribution in [1.82, 2.24) is 10.3 Å². The Morgan fingerprint density at radius 3 is 2.80 bits per heavy atom. The van der Waals surface area contributed by atoms with Crippen molar-refractivity contribution in [3.8, 4) is 0 Å². The normalized spacial score (nSPS) is 14.9. The van der Waals surface area contributed by atoms with Gasteiger partial charge in [0.1, 0.15) is 5.82 Å². The number of rotatable bonds is 5. The Balaban J connectivity index is 2.43. The summed E-state index contributed by atoms with van der Waals surface area (Å²) in [7, 11) is 0. The molecular formula is C11H17FN2O. The van der Waals surface area contributed by atoms with Crippen molar-refractivity contribution in [2.75, 3.05) is 6.61 Å². The van der Waals surface area contributed by atoms with E-state index in [1.54, 1.807) is 6.20 Å². The van der Waals surface area contributed by atoms with Crippen LogP contribution in [0.5, 0.6) is 0 Å². The van der Waals surface area contributed by atoms with E-state index >= 15 is 0 Å². The molecule has 1 aromatic heterocycles. The number of halogens is 1. The molecule has 1 aromatic rings. The van der Waals surface area contributed by atoms with Gasteiger partial charge in [0.25, 0.3) is 0 Å². The molecule has 2 unspecified atom stereocenters. The molecule has 0 aromatic carbocycles. The lowest BCUT2D eigenvalue weighted by atomic mass is 10.1. The van der Waals surface area contributed by atoms with Crippen molar-refractivity contribution in [2.24, 2.45) is 5.92 Å². The number of aliphatic hydroxyl groups is 1. The zero-order valence-electron chi connectivity index (χ0n) is 9.07. The quantitative estimate of drug-likeness (QED) is 0.774. The van der Waals surface area contributed by atoms with Crippen LogP contribution in [0.25, 0.3) is 0 Å². The molecule has 0 radical (unpaired) electrons. The van der Waals surface area contributed by atoms with Gasteiger partial charge in [-0.05, 0) is 24.5 Å². The van der Waals surface area contributed by atoms with Crippen LogP contribution < -0.4 is 5.32 Å². The van der Waals surface area contributed by atoms with Gasteiger partial charge in [-0.3, -0.25) is 4.98 Å². The SMILES string of the molecule is CC(CO)C(C)NCc1cncc(F)c1. The molecule has 0 saturated carbocycles. The Bertz CT molecular complexity index is 306. The number of hydrogen-bond donors (Lipinski definition) is 2. The second kappa shape index (κ2) is 5.78. The van der Waals surface area contributed by atoms with Crippen molar-refractivity contribution in [3.63, 3.8) is 0 Å². The maximum absolute atomic E-state index is 12.8. The molecule has 15 heavy (non-hydrogen) atoms. The molecule has 84 valence electrons. The van der Waals surface area contributed by atoms with Crippen LogP contribution in [0.4, 0.5) is 4.39 Å². The molecule has 0 bridgehead atoms. The van der Waals surface area contributed by atoms with E-state index in [0.29, 0.717) is 6.54 Å². The van der Waals surface area contributed by atoms with Crippen molar-refractivity contribution in [3.05, 3.63) is 29.8 Å². The fourth-order valence-corrected chi connectivity index (χ4v) is 1.19. The smallest absolute Gasteiger partial charge is 0.141 e. The molecular weight excluding hydrogens is 195 g/mol. The first kappa shape index (κ1) is 12.1. The van der Waals surface area contributed by atoms with Crippen LogP contribution in [0.1, 0.15) is 19.4 Å². The molecule has 0 aliphatic rings. The molecule has 2 N–H and O–H groups in total. The maximum atomic E-state index is 12.8. The highest BCUT2D eigenvalue weighted by Gasteiger charge is 2.09. The first-order valence-electron chi connectivity index (χ1n) is 5.07. The largest absolute Gasteiger partial charge is 0.396 e. The number of aliphatic hydroxyl groups excluding tert-OH is 1. The highest BCUT2D eigenvalue weighted by atomic mass is 19.1. The average molecular weight is 212 g/mol. The van der Waals surface area contributed by atoms with Gasteiger partial charge in [-0.2, -0.15) is 0 Å². The van der Waals surface area contributed by atoms with Crippen molar-refractivity contribution < 1.29 is 9.50 Å². The van der Waals surface area contributed by atoms with Crippen molar-refractivity contribution >= 4 is 0 Å². The minimum absolute atomic E-state index is 0.148. The topological polar surface area (TPSA) is 45.1 Å². The second-order valence-electron chi connectivity index (χ2n) is 3.84. The third-order valence-corrected chi connectivity index (χ3v) is 2.53. The Hall–Kier alpha value is -1.00. The zero-order valence-corrected chi connectivity index (χ0v) is 9.07. The first-order valence-corrected chi connectivity index (χ1v) is 5.07. The fraction of sp³-hybridized carbons (Fsp3) is 0.545. The molecule has 1 rings (SSSR count). The van der Waals surface area contributed by atoms with Gasteiger partial charge in [0.05, 0.1) is 6.20 Å². The lowest BCUT2D eigenvalue weighted by molar-refractivity contribution is 0.207. The second-order valence-corrected chi connectivity index (χ2v) is 3.84. The number of aromatic nitrogens is 1. The summed E-state index contributed by atoms with van der Waals surface area (Å²) in [6.07, 6.45) is 2.82. The predicted molar refractivity (Wildman–Crippen MR) is 56.7 cm³/mol. The predicted octanol–water partition coefficient (Wildman–Crippen LogP) is 1.33. The summed E-state index contributed by atoms with van der Waals surface area (Å²) >= 11 is 0. The van der Waals surface area contributed by atoms with E-state index in [0.717, 1.165) is 5.56 Å². The highest BCUT2D eigenvalue weighted by Crippen LogP contribution is 2.04. The monoisotopic (exact) mass is 212 g/mol. The van der Waals surface area contributed by atoms with Crippen LogP contribution in [0, 0.1) is 11.7 Å². The van der Waals surface area contributed by atoms with Crippen LogP contribution >= 0.6 is 0 Å². The Morgan fingerprint density at radius 1 is 1.47 bits per heavy atom. The summed E-state index contributed by atoms with van der Waals surface area (Å²) in [4.78, 5) is 3.76. The summed E-state index contributed by atoms with van der Waals surface area (Å²) in [6.45, 7) is 4.67. The van der Waals surface area contributed by atoms with E-state index in [4.69, 9.17) is 5.11 Å². The van der Waals surface area contributed by atoms with E-state index in [9.17, 15) is 4.39 Å². The van der Waals surface area contributed by atoms with Gasteiger partial charge in [0.15, 0.2) is 0 Å². The van der Waals surface area contributed by atoms with Crippen LogP contribution in [0.3, 0.4) is 0 Å². The van der Waals surface area contributed by atoms with Gasteiger partial charge in [-0.1, -0.05) is 6.92 Å². The lowest BCUT2D eigenvalue weighted by Gasteiger charge is -2.19. The van der Waals surface area contributed by atoms with Gasteiger partial charge >= 0.3 is 0 Å². The van der Waals surface area contributed by atoms with Gasteiger partial charge < -0.3 is 10.4 Å². The molecule has 0 amide bonds. The van der Waals surface area contributed by atoms with Gasteiger partial charge in [0, 0.05) is 25.4 Å². The molecule has 2 atom stereocenters. The highest BCUT2D eigenvalue weighted by molar-refractivity contribution is 5.09. The standard InChI is InChI=1S/C11H17FN2O/c1-8(7-15)9(2)14-5-10-3-11(12)6-13-4-10/h3-4,6,8-9,14-15H,5,7H2,1-2H3. The van der Waals surface area contributed by atoms with Crippen LogP contribution in [0.15, 0.2) is 18.5 Å². The van der Waals surface area contributed by atoms with Crippen molar-refractivity contribution in [1.29, 1.82) is 0 Å². The molecule has 0 aliphatic carbocycles. The third-order valence-electron chi connectivity index (χ3n) is 2.53. The summed E-state index contributed by atoms with van der Waals surface area (Å²) in [6, 6.07) is 1.65. The minimum Gasteiger partial charge on any atom is -0.396 e. The van der Waals surface area contributed by atoms with Gasteiger partial charge in [-0.15, -0.1) is 0 Å². The van der Waals surface area contributed by atoms with E-state index in [1.807, 2.05) is 13.8 Å². The van der Waals surface area contributed by atoms with E-state index < -0.39 is 0 Å². The van der Waals surface area contributed by atoms with Gasteiger partial charge in [-0.25, -0.2) is 4.39 Å². The minimum atomic E-state index is -0.322. The van der Waals surface area contributed by atoms with Crippen LogP contribution in [-0.4, -0.2) is 22.7 Å². The van der Waals surface area contributed by atoms with Crippen LogP contribution in [-0.2, 0) is 6.54 Å². The lowest BCUT2D eigenvalue weighted by Crippen LogP contribution is -2.33. The van der Waals surface area contributed by atoms with E-state index in [1.165, 1.54) is 12.3 Å². The maximum Gasteiger partial charge on any atom is 0.141 e. The zero-order chi connectivity index (χ0) is 11.3. The summed E-state index contributed by atoms with van der Waals surface area (Å²) in [5.41, 5.74) is 0.812. The summed E-state index contributed by atoms with van der Waals surface area (Å²) in [5.74, 6) is -0.135. The van der Waals surface area contributed by atoms with E-state index in [-0.39, 0.29) is 24.4 Å². The first-order chi connectivity index (χ1) is 7.13. The number of hydrogen-bond acceptors (Lipinski definition) is 3. The third kappa shape index (κ3) is 3.93. The number of nitrogens with zero attached hydrogens (tertiary/aromatic N) is 1. The molecule has 1 heterocycles. The van der Waals surface area contributed by atoms with E-state index in [2.05, 4.69) is 10.3 Å². The average Bonchev–Trinajstić information content (AvgIpc) is 2.25. The molecule has 0 fully saturated rings. The molecule has 4 heteroatoms. The number of nitrogens with one attached hydrogen (secondary N) is 1. The summed E-state index contributed by atoms with van der Waals surface area (Å²) < 4.78 is 12.8. The van der Waals surface area contributed by atoms with Crippen molar-refractivity contribution in [2.45, 2.75) is 26.4 Å². The summed E-state index contributed by atoms with van der Waals surface area (Å²) in [5, 5.41) is 12.1. The Morgan fingerprint density at radius 2 is 2.20 bits per heavy atom. The molecule has 0 saturated heterocycles. The van der Waals surface area contributed by atoms with Crippen LogP contribution in [0.2, 0.25) is 0 Å². The Kier molecular flexibility index (Phi) is 4.65. The van der Waals surface area contributed by atoms with Gasteiger partial charge in [0.2, 0.25) is 0 Å². The molecule has 0 aliphatic heterocycles. The molecule has 0 spiro atoms. The number of pyridine rings is 1.